The van der Waals surface area contributed by atoms with E-state index < -0.39 is 0 Å². The molecule has 1 aliphatic rings. The Kier molecular flexibility index (Phi) is 1.58. The SMILES string of the molecule is COC1=NN=CC(=O)C1. The van der Waals surface area contributed by atoms with Gasteiger partial charge >= 0.3 is 0 Å². The first-order valence-electron chi connectivity index (χ1n) is 2.49. The fraction of sp³-hybridized carbons (Fsp3) is 0.400. The van der Waals surface area contributed by atoms with Crippen LogP contribution in [-0.4, -0.2) is 25.0 Å². The third kappa shape index (κ3) is 1.35. The van der Waals surface area contributed by atoms with Gasteiger partial charge in [0.05, 0.1) is 19.7 Å². The Hall–Kier alpha value is -1.19. The van der Waals surface area contributed by atoms with Gasteiger partial charge in [-0.3, -0.25) is 4.79 Å². The maximum Gasteiger partial charge on any atom is 0.216 e. The van der Waals surface area contributed by atoms with E-state index in [1.807, 2.05) is 0 Å². The highest BCUT2D eigenvalue weighted by Crippen LogP contribution is 1.94. The molecule has 1 aliphatic heterocycles. The van der Waals surface area contributed by atoms with Crippen LogP contribution in [0, 0.1) is 0 Å². The summed E-state index contributed by atoms with van der Waals surface area (Å²) >= 11 is 0. The van der Waals surface area contributed by atoms with E-state index in [0.29, 0.717) is 5.90 Å². The Bertz CT molecular complexity index is 183. The summed E-state index contributed by atoms with van der Waals surface area (Å²) in [6.45, 7) is 0. The van der Waals surface area contributed by atoms with Gasteiger partial charge in [0, 0.05) is 0 Å². The van der Waals surface area contributed by atoms with E-state index in [4.69, 9.17) is 0 Å². The lowest BCUT2D eigenvalue weighted by Gasteiger charge is -2.01. The van der Waals surface area contributed by atoms with E-state index in [0.717, 1.165) is 0 Å². The third-order valence-corrected chi connectivity index (χ3v) is 0.932. The number of carbonyl (C=O) groups excluding carboxylic acids is 1. The molecule has 0 radical (unpaired) electrons. The molecule has 0 fully saturated rings. The number of ether oxygens (including phenoxy) is 1. The second kappa shape index (κ2) is 2.39. The maximum atomic E-state index is 10.5. The molecule has 9 heavy (non-hydrogen) atoms. The molecule has 0 aromatic carbocycles. The standard InChI is InChI=1S/C5H6N2O2/c1-9-5-2-4(8)3-6-7-5/h3H,2H2,1H3. The highest BCUT2D eigenvalue weighted by atomic mass is 16.5. The zero-order valence-electron chi connectivity index (χ0n) is 5.00. The first-order chi connectivity index (χ1) is 4.33. The number of hydrogen-bond acceptors (Lipinski definition) is 4. The van der Waals surface area contributed by atoms with E-state index in [2.05, 4.69) is 14.9 Å². The number of Topliss-reactive ketones (excluding diaryl/α,β-unsaturated/α-hetero) is 1. The van der Waals surface area contributed by atoms with Gasteiger partial charge in [-0.25, -0.2) is 0 Å². The highest BCUT2D eigenvalue weighted by molar-refractivity contribution is 6.32. The average Bonchev–Trinajstić information content (AvgIpc) is 1.88. The van der Waals surface area contributed by atoms with Gasteiger partial charge in [-0.15, -0.1) is 5.10 Å². The van der Waals surface area contributed by atoms with Crippen LogP contribution < -0.4 is 0 Å². The molecular weight excluding hydrogens is 120 g/mol. The summed E-state index contributed by atoms with van der Waals surface area (Å²) in [7, 11) is 1.47. The Labute approximate surface area is 52.2 Å². The van der Waals surface area contributed by atoms with Gasteiger partial charge in [0.15, 0.2) is 5.78 Å². The summed E-state index contributed by atoms with van der Waals surface area (Å²) in [5.74, 6) is 0.310. The molecule has 0 aliphatic carbocycles. The highest BCUT2D eigenvalue weighted by Gasteiger charge is 2.08. The first kappa shape index (κ1) is 5.94. The number of methoxy groups -OCH3 is 1. The second-order valence-corrected chi connectivity index (χ2v) is 1.59. The van der Waals surface area contributed by atoms with E-state index >= 15 is 0 Å². The number of ketones is 1. The molecule has 0 saturated heterocycles. The Morgan fingerprint density at radius 3 is 3.00 bits per heavy atom. The smallest absolute Gasteiger partial charge is 0.216 e. The quantitative estimate of drug-likeness (QED) is 0.458. The molecule has 0 unspecified atom stereocenters. The van der Waals surface area contributed by atoms with Crippen molar-refractivity contribution in [1.29, 1.82) is 0 Å². The van der Waals surface area contributed by atoms with Gasteiger partial charge in [-0.05, 0) is 0 Å². The Morgan fingerprint density at radius 2 is 2.56 bits per heavy atom. The van der Waals surface area contributed by atoms with Gasteiger partial charge in [-0.1, -0.05) is 0 Å². The van der Waals surface area contributed by atoms with Crippen molar-refractivity contribution in [2.75, 3.05) is 7.11 Å². The molecule has 0 bridgehead atoms. The van der Waals surface area contributed by atoms with Gasteiger partial charge in [0.2, 0.25) is 5.90 Å². The maximum absolute atomic E-state index is 10.5. The largest absolute Gasteiger partial charge is 0.483 e. The summed E-state index contributed by atoms with van der Waals surface area (Å²) in [5, 5.41) is 6.94. The lowest BCUT2D eigenvalue weighted by Crippen LogP contribution is -2.13. The molecule has 0 N–H and O–H groups in total. The van der Waals surface area contributed by atoms with Gasteiger partial charge in [0.1, 0.15) is 0 Å². The molecule has 0 amide bonds. The molecular formula is C5H6N2O2. The predicted octanol–water partition coefficient (Wildman–Crippen LogP) is -0.0101. The first-order valence-corrected chi connectivity index (χ1v) is 2.49. The van der Waals surface area contributed by atoms with Crippen molar-refractivity contribution < 1.29 is 9.53 Å². The topological polar surface area (TPSA) is 51.0 Å². The van der Waals surface area contributed by atoms with Crippen molar-refractivity contribution in [1.82, 2.24) is 0 Å². The minimum Gasteiger partial charge on any atom is -0.483 e. The average molecular weight is 126 g/mol. The molecule has 1 heterocycles. The number of rotatable bonds is 0. The van der Waals surface area contributed by atoms with Gasteiger partial charge in [-0.2, -0.15) is 5.10 Å². The van der Waals surface area contributed by atoms with Crippen molar-refractivity contribution in [3.8, 4) is 0 Å². The van der Waals surface area contributed by atoms with Crippen LogP contribution in [0.25, 0.3) is 0 Å². The fourth-order valence-electron chi connectivity index (χ4n) is 0.501. The Balaban J connectivity index is 2.65. The fourth-order valence-corrected chi connectivity index (χ4v) is 0.501. The van der Waals surface area contributed by atoms with Crippen LogP contribution in [0.1, 0.15) is 6.42 Å². The Morgan fingerprint density at radius 1 is 1.78 bits per heavy atom. The summed E-state index contributed by atoms with van der Waals surface area (Å²) in [4.78, 5) is 10.5. The van der Waals surface area contributed by atoms with E-state index in [1.165, 1.54) is 13.3 Å². The molecule has 0 aromatic rings. The van der Waals surface area contributed by atoms with Crippen molar-refractivity contribution in [3.63, 3.8) is 0 Å². The predicted molar refractivity (Wildman–Crippen MR) is 32.6 cm³/mol. The summed E-state index contributed by atoms with van der Waals surface area (Å²) in [5.41, 5.74) is 0. The van der Waals surface area contributed by atoms with Gasteiger partial charge in [0.25, 0.3) is 0 Å². The molecule has 0 aromatic heterocycles. The molecule has 48 valence electrons. The van der Waals surface area contributed by atoms with Gasteiger partial charge < -0.3 is 4.74 Å². The van der Waals surface area contributed by atoms with Crippen LogP contribution in [0.15, 0.2) is 10.2 Å². The summed E-state index contributed by atoms with van der Waals surface area (Å²) in [6, 6.07) is 0. The van der Waals surface area contributed by atoms with Crippen LogP contribution in [-0.2, 0) is 9.53 Å². The van der Waals surface area contributed by atoms with Crippen LogP contribution in [0.3, 0.4) is 0 Å². The third-order valence-electron chi connectivity index (χ3n) is 0.932. The van der Waals surface area contributed by atoms with E-state index in [9.17, 15) is 4.79 Å². The molecule has 1 rings (SSSR count). The molecule has 4 heteroatoms. The molecule has 0 saturated carbocycles. The second-order valence-electron chi connectivity index (χ2n) is 1.59. The van der Waals surface area contributed by atoms with Crippen molar-refractivity contribution in [3.05, 3.63) is 0 Å². The zero-order valence-corrected chi connectivity index (χ0v) is 5.00. The molecule has 4 nitrogen and oxygen atoms in total. The van der Waals surface area contributed by atoms with Crippen LogP contribution in [0.2, 0.25) is 0 Å². The summed E-state index contributed by atoms with van der Waals surface area (Å²) < 4.78 is 4.68. The zero-order chi connectivity index (χ0) is 6.69. The van der Waals surface area contributed by atoms with Crippen molar-refractivity contribution >= 4 is 17.9 Å². The number of nitrogens with zero attached hydrogens (tertiary/aromatic N) is 2. The lowest BCUT2D eigenvalue weighted by atomic mass is 10.3. The minimum absolute atomic E-state index is 0.0677. The molecule has 0 spiro atoms. The number of carbonyl (C=O) groups is 1. The van der Waals surface area contributed by atoms with Crippen LogP contribution >= 0.6 is 0 Å². The lowest BCUT2D eigenvalue weighted by molar-refractivity contribution is -0.111. The minimum atomic E-state index is -0.0677. The van der Waals surface area contributed by atoms with E-state index in [1.54, 1.807) is 0 Å². The van der Waals surface area contributed by atoms with Crippen LogP contribution in [0.4, 0.5) is 0 Å². The summed E-state index contributed by atoms with van der Waals surface area (Å²) in [6.07, 6.45) is 1.42. The normalized spacial score (nSPS) is 17.4. The monoisotopic (exact) mass is 126 g/mol. The van der Waals surface area contributed by atoms with Crippen molar-refractivity contribution in [2.24, 2.45) is 10.2 Å². The van der Waals surface area contributed by atoms with Crippen molar-refractivity contribution in [2.45, 2.75) is 6.42 Å². The van der Waals surface area contributed by atoms with E-state index in [-0.39, 0.29) is 12.2 Å². The molecule has 0 atom stereocenters. The van der Waals surface area contributed by atoms with Crippen LogP contribution in [0.5, 0.6) is 0 Å². The number of hydrogen-bond donors (Lipinski definition) is 0.